The number of halogens is 1. The molecule has 10 nitrogen and oxygen atoms in total. The van der Waals surface area contributed by atoms with E-state index >= 15 is 0 Å². The number of sulfonamides is 2. The maximum atomic E-state index is 13.5. The number of carbonyl (C=O) groups is 2. The Labute approximate surface area is 166 Å². The molecule has 0 spiro atoms. The van der Waals surface area contributed by atoms with E-state index in [1.807, 2.05) is 4.72 Å². The van der Waals surface area contributed by atoms with E-state index in [4.69, 9.17) is 5.14 Å². The van der Waals surface area contributed by atoms with Crippen molar-refractivity contribution in [3.05, 3.63) is 54.3 Å². The Balaban J connectivity index is 1.86. The van der Waals surface area contributed by atoms with Gasteiger partial charge in [0.1, 0.15) is 17.3 Å². The molecule has 2 aromatic rings. The summed E-state index contributed by atoms with van der Waals surface area (Å²) in [6, 6.07) is 9.65. The number of esters is 1. The molecule has 0 bridgehead atoms. The van der Waals surface area contributed by atoms with E-state index in [0.29, 0.717) is 0 Å². The fourth-order valence-electron chi connectivity index (χ4n) is 2.04. The molecule has 1 amide bonds. The molecule has 0 fully saturated rings. The lowest BCUT2D eigenvalue weighted by Gasteiger charge is -2.09. The lowest BCUT2D eigenvalue weighted by Crippen LogP contribution is -2.32. The molecule has 2 aromatic carbocycles. The highest BCUT2D eigenvalue weighted by Crippen LogP contribution is 2.14. The minimum absolute atomic E-state index is 0.0952. The summed E-state index contributed by atoms with van der Waals surface area (Å²) in [5.74, 6) is -2.88. The summed E-state index contributed by atoms with van der Waals surface area (Å²) < 4.78 is 66.5. The molecule has 0 heterocycles. The van der Waals surface area contributed by atoms with E-state index in [9.17, 15) is 30.8 Å². The van der Waals surface area contributed by atoms with Crippen LogP contribution in [0, 0.1) is 5.82 Å². The molecule has 2 rings (SSSR count). The quantitative estimate of drug-likeness (QED) is 0.479. The van der Waals surface area contributed by atoms with Gasteiger partial charge in [-0.25, -0.2) is 26.4 Å². The molecule has 0 aliphatic rings. The summed E-state index contributed by atoms with van der Waals surface area (Å²) >= 11 is 0. The Morgan fingerprint density at radius 2 is 1.72 bits per heavy atom. The fraction of sp³-hybridized carbons (Fsp3) is 0.125. The topological polar surface area (TPSA) is 162 Å². The Kier molecular flexibility index (Phi) is 7.02. The maximum absolute atomic E-state index is 13.5. The third-order valence-electron chi connectivity index (χ3n) is 3.34. The standard InChI is InChI=1S/C16H16FN3O7S2/c17-13-6-1-2-7-14(13)29(25,26)19-9-16(22)27-10-15(21)20-11-4-3-5-12(8-11)28(18,23)24/h1-8,19H,9-10H2,(H,20,21)(H2,18,23,24). The van der Waals surface area contributed by atoms with Crippen LogP contribution in [0.25, 0.3) is 0 Å². The van der Waals surface area contributed by atoms with Gasteiger partial charge in [-0.05, 0) is 30.3 Å². The smallest absolute Gasteiger partial charge is 0.321 e. The molecule has 0 aromatic heterocycles. The van der Waals surface area contributed by atoms with E-state index in [1.54, 1.807) is 0 Å². The van der Waals surface area contributed by atoms with Gasteiger partial charge in [0.2, 0.25) is 20.0 Å². The zero-order chi connectivity index (χ0) is 21.7. The van der Waals surface area contributed by atoms with Gasteiger partial charge in [0, 0.05) is 5.69 Å². The van der Waals surface area contributed by atoms with Gasteiger partial charge in [-0.2, -0.15) is 4.72 Å². The first kappa shape index (κ1) is 22.4. The van der Waals surface area contributed by atoms with Crippen molar-refractivity contribution in [3.63, 3.8) is 0 Å². The highest BCUT2D eigenvalue weighted by atomic mass is 32.2. The van der Waals surface area contributed by atoms with Gasteiger partial charge in [-0.3, -0.25) is 9.59 Å². The molecule has 0 aliphatic heterocycles. The highest BCUT2D eigenvalue weighted by molar-refractivity contribution is 7.89. The molecule has 0 atom stereocenters. The van der Waals surface area contributed by atoms with Crippen LogP contribution in [-0.4, -0.2) is 41.9 Å². The van der Waals surface area contributed by atoms with Crippen molar-refractivity contribution >= 4 is 37.6 Å². The summed E-state index contributed by atoms with van der Waals surface area (Å²) in [6.07, 6.45) is 0. The number of nitrogens with two attached hydrogens (primary N) is 1. The first-order chi connectivity index (χ1) is 13.5. The van der Waals surface area contributed by atoms with Crippen molar-refractivity contribution < 1.29 is 35.6 Å². The molecular formula is C16H16FN3O7S2. The van der Waals surface area contributed by atoms with Crippen molar-refractivity contribution in [1.82, 2.24) is 4.72 Å². The molecule has 13 heteroatoms. The minimum atomic E-state index is -4.29. The molecular weight excluding hydrogens is 429 g/mol. The van der Waals surface area contributed by atoms with Gasteiger partial charge < -0.3 is 10.1 Å². The second-order valence-electron chi connectivity index (χ2n) is 5.54. The minimum Gasteiger partial charge on any atom is -0.455 e. The second-order valence-corrected chi connectivity index (χ2v) is 8.83. The van der Waals surface area contributed by atoms with Crippen molar-refractivity contribution in [1.29, 1.82) is 0 Å². The van der Waals surface area contributed by atoms with Crippen LogP contribution in [0.2, 0.25) is 0 Å². The number of rotatable bonds is 8. The predicted octanol–water partition coefficient (Wildman–Crippen LogP) is -0.0667. The molecule has 0 saturated carbocycles. The molecule has 29 heavy (non-hydrogen) atoms. The van der Waals surface area contributed by atoms with Crippen LogP contribution < -0.4 is 15.2 Å². The zero-order valence-electron chi connectivity index (χ0n) is 14.7. The van der Waals surface area contributed by atoms with Gasteiger partial charge in [0.25, 0.3) is 5.91 Å². The predicted molar refractivity (Wildman–Crippen MR) is 99.0 cm³/mol. The number of anilines is 1. The number of carbonyl (C=O) groups excluding carboxylic acids is 2. The van der Waals surface area contributed by atoms with Gasteiger partial charge in [-0.1, -0.05) is 18.2 Å². The van der Waals surface area contributed by atoms with Gasteiger partial charge in [0.15, 0.2) is 6.61 Å². The fourth-order valence-corrected chi connectivity index (χ4v) is 3.64. The van der Waals surface area contributed by atoms with E-state index < -0.39 is 55.8 Å². The molecule has 0 radical (unpaired) electrons. The lowest BCUT2D eigenvalue weighted by molar-refractivity contribution is -0.146. The number of benzene rings is 2. The van der Waals surface area contributed by atoms with E-state index in [0.717, 1.165) is 18.2 Å². The average molecular weight is 445 g/mol. The third kappa shape index (κ3) is 6.60. The van der Waals surface area contributed by atoms with Crippen LogP contribution in [0.1, 0.15) is 0 Å². The first-order valence-corrected chi connectivity index (χ1v) is 10.8. The van der Waals surface area contributed by atoms with Gasteiger partial charge in [-0.15, -0.1) is 0 Å². The van der Waals surface area contributed by atoms with E-state index in [2.05, 4.69) is 10.1 Å². The zero-order valence-corrected chi connectivity index (χ0v) is 16.3. The van der Waals surface area contributed by atoms with Crippen LogP contribution >= 0.6 is 0 Å². The normalized spacial score (nSPS) is 11.7. The van der Waals surface area contributed by atoms with Gasteiger partial charge in [0.05, 0.1) is 4.90 Å². The largest absolute Gasteiger partial charge is 0.455 e. The monoisotopic (exact) mass is 445 g/mol. The summed E-state index contributed by atoms with van der Waals surface area (Å²) in [5.41, 5.74) is 0.0952. The van der Waals surface area contributed by atoms with Crippen molar-refractivity contribution in [2.24, 2.45) is 5.14 Å². The summed E-state index contributed by atoms with van der Waals surface area (Å²) in [6.45, 7) is -1.59. The number of ether oxygens (including phenoxy) is 1. The summed E-state index contributed by atoms with van der Waals surface area (Å²) in [7, 11) is -8.25. The molecule has 4 N–H and O–H groups in total. The van der Waals surface area contributed by atoms with Crippen molar-refractivity contribution in [3.8, 4) is 0 Å². The van der Waals surface area contributed by atoms with E-state index in [-0.39, 0.29) is 10.6 Å². The van der Waals surface area contributed by atoms with E-state index in [1.165, 1.54) is 30.3 Å². The van der Waals surface area contributed by atoms with Crippen LogP contribution in [0.4, 0.5) is 10.1 Å². The summed E-state index contributed by atoms with van der Waals surface area (Å²) in [5, 5.41) is 7.28. The summed E-state index contributed by atoms with van der Waals surface area (Å²) in [4.78, 5) is 22.6. The Bertz CT molecular complexity index is 1130. The van der Waals surface area contributed by atoms with Crippen LogP contribution in [0.3, 0.4) is 0 Å². The number of nitrogens with one attached hydrogen (secondary N) is 2. The second kappa shape index (κ2) is 9.09. The molecule has 0 saturated heterocycles. The lowest BCUT2D eigenvalue weighted by atomic mass is 10.3. The van der Waals surface area contributed by atoms with Crippen LogP contribution in [-0.2, 0) is 34.4 Å². The average Bonchev–Trinajstić information content (AvgIpc) is 2.64. The van der Waals surface area contributed by atoms with Gasteiger partial charge >= 0.3 is 5.97 Å². The number of amides is 1. The number of primary sulfonamides is 1. The van der Waals surface area contributed by atoms with Crippen LogP contribution in [0.15, 0.2) is 58.3 Å². The molecule has 156 valence electrons. The molecule has 0 unspecified atom stereocenters. The first-order valence-electron chi connectivity index (χ1n) is 7.81. The Hall–Kier alpha value is -2.87. The SMILES string of the molecule is NS(=O)(=O)c1cccc(NC(=O)COC(=O)CNS(=O)(=O)c2ccccc2F)c1. The number of hydrogen-bond donors (Lipinski definition) is 3. The van der Waals surface area contributed by atoms with Crippen molar-refractivity contribution in [2.75, 3.05) is 18.5 Å². The Morgan fingerprint density at radius 3 is 2.38 bits per heavy atom. The molecule has 0 aliphatic carbocycles. The van der Waals surface area contributed by atoms with Crippen LogP contribution in [0.5, 0.6) is 0 Å². The number of hydrogen-bond acceptors (Lipinski definition) is 7. The Morgan fingerprint density at radius 1 is 1.03 bits per heavy atom. The highest BCUT2D eigenvalue weighted by Gasteiger charge is 2.20. The van der Waals surface area contributed by atoms with Crippen molar-refractivity contribution in [2.45, 2.75) is 9.79 Å². The third-order valence-corrected chi connectivity index (χ3v) is 5.69. The maximum Gasteiger partial charge on any atom is 0.321 e.